The monoisotopic (exact) mass is 552 g/mol. The van der Waals surface area contributed by atoms with Crippen LogP contribution in [0.5, 0.6) is 0 Å². The van der Waals surface area contributed by atoms with Gasteiger partial charge in [-0.3, -0.25) is 0 Å². The van der Waals surface area contributed by atoms with E-state index in [1.807, 2.05) is 0 Å². The number of fused-ring (bicyclic) bond motifs is 2. The second-order valence-electron chi connectivity index (χ2n) is 13.4. The van der Waals surface area contributed by atoms with E-state index in [1.54, 1.807) is 25.7 Å². The fourth-order valence-electron chi connectivity index (χ4n) is 6.26. The van der Waals surface area contributed by atoms with E-state index < -0.39 is 0 Å². The average Bonchev–Trinajstić information content (AvgIpc) is 3.75. The Morgan fingerprint density at radius 2 is 1.59 bits per heavy atom. The van der Waals surface area contributed by atoms with Gasteiger partial charge < -0.3 is 23.7 Å². The molecule has 6 fully saturated rings. The lowest BCUT2D eigenvalue weighted by atomic mass is 9.76. The first-order valence-electron chi connectivity index (χ1n) is 17.0. The normalized spacial score (nSPS) is 37.2. The van der Waals surface area contributed by atoms with Crippen LogP contribution in [0.3, 0.4) is 0 Å². The number of ether oxygens (including phenoxy) is 5. The minimum Gasteiger partial charge on any atom is -0.379 e. The molecule has 0 bridgehead atoms. The summed E-state index contributed by atoms with van der Waals surface area (Å²) in [5.41, 5.74) is 0.309. The van der Waals surface area contributed by atoms with Crippen molar-refractivity contribution < 1.29 is 23.7 Å². The van der Waals surface area contributed by atoms with Crippen LogP contribution in [0.15, 0.2) is 0 Å². The lowest BCUT2D eigenvalue weighted by Crippen LogP contribution is -2.24. The van der Waals surface area contributed by atoms with Gasteiger partial charge in [0.2, 0.25) is 0 Å². The first kappa shape index (κ1) is 33.3. The molecule has 5 nitrogen and oxygen atoms in total. The molecular weight excluding hydrogens is 488 g/mol. The molecule has 0 radical (unpaired) electrons. The maximum atomic E-state index is 5.69. The van der Waals surface area contributed by atoms with Crippen LogP contribution in [0.25, 0.3) is 0 Å². The van der Waals surface area contributed by atoms with Gasteiger partial charge in [0.15, 0.2) is 6.29 Å². The minimum atomic E-state index is 0.154. The summed E-state index contributed by atoms with van der Waals surface area (Å²) >= 11 is 0. The molecular formula is C34H64O5. The fraction of sp³-hybridized carbons (Fsp3) is 1.00. The van der Waals surface area contributed by atoms with E-state index in [2.05, 4.69) is 41.5 Å². The molecule has 39 heavy (non-hydrogen) atoms. The Morgan fingerprint density at radius 3 is 2.18 bits per heavy atom. The highest BCUT2D eigenvalue weighted by Crippen LogP contribution is 2.52. The van der Waals surface area contributed by atoms with Crippen molar-refractivity contribution in [1.29, 1.82) is 0 Å². The van der Waals surface area contributed by atoms with E-state index in [9.17, 15) is 0 Å². The van der Waals surface area contributed by atoms with Crippen molar-refractivity contribution in [2.45, 2.75) is 156 Å². The van der Waals surface area contributed by atoms with Crippen molar-refractivity contribution in [1.82, 2.24) is 0 Å². The molecule has 3 aliphatic carbocycles. The van der Waals surface area contributed by atoms with Crippen LogP contribution < -0.4 is 0 Å². The summed E-state index contributed by atoms with van der Waals surface area (Å²) in [5.74, 6) is 5.33. The predicted molar refractivity (Wildman–Crippen MR) is 160 cm³/mol. The Hall–Kier alpha value is -0.200. The van der Waals surface area contributed by atoms with Crippen molar-refractivity contribution in [3.63, 3.8) is 0 Å². The van der Waals surface area contributed by atoms with Crippen LogP contribution in [0, 0.1) is 29.6 Å². The molecule has 3 saturated heterocycles. The highest BCUT2D eigenvalue weighted by molar-refractivity contribution is 5.03. The van der Waals surface area contributed by atoms with E-state index in [1.165, 1.54) is 69.6 Å². The van der Waals surface area contributed by atoms with Crippen molar-refractivity contribution in [2.24, 2.45) is 29.6 Å². The van der Waals surface area contributed by atoms with E-state index in [0.29, 0.717) is 17.8 Å². The van der Waals surface area contributed by atoms with Crippen LogP contribution in [0.1, 0.15) is 131 Å². The molecule has 3 heterocycles. The number of hydrogen-bond acceptors (Lipinski definition) is 5. The molecule has 0 amide bonds. The van der Waals surface area contributed by atoms with Gasteiger partial charge >= 0.3 is 0 Å². The van der Waals surface area contributed by atoms with E-state index in [4.69, 9.17) is 23.7 Å². The lowest BCUT2D eigenvalue weighted by Gasteiger charge is -2.26. The lowest BCUT2D eigenvalue weighted by molar-refractivity contribution is 0.0486. The van der Waals surface area contributed by atoms with Gasteiger partial charge in [-0.1, -0.05) is 73.1 Å². The Bertz CT molecular complexity index is 635. The first-order valence-corrected chi connectivity index (χ1v) is 17.0. The zero-order valence-corrected chi connectivity index (χ0v) is 26.6. The van der Waals surface area contributed by atoms with Gasteiger partial charge in [-0.2, -0.15) is 0 Å². The highest BCUT2D eigenvalue weighted by Gasteiger charge is 2.55. The van der Waals surface area contributed by atoms with E-state index in [0.717, 1.165) is 57.2 Å². The largest absolute Gasteiger partial charge is 0.379 e. The Kier molecular flexibility index (Phi) is 15.1. The molecule has 3 aliphatic heterocycles. The molecule has 9 unspecified atom stereocenters. The Labute approximate surface area is 241 Å². The SMILES string of the molecule is CCC(C)C1CCC2(C)OC2C1.CCCC1CCC2CC2C1.CCCCOC1CO1.CCCCOCC1CO1. The third-order valence-corrected chi connectivity index (χ3v) is 9.81. The third kappa shape index (κ3) is 13.5. The van der Waals surface area contributed by atoms with Gasteiger partial charge in [-0.15, -0.1) is 0 Å². The van der Waals surface area contributed by atoms with E-state index in [-0.39, 0.29) is 6.29 Å². The second-order valence-corrected chi connectivity index (χ2v) is 13.4. The summed E-state index contributed by atoms with van der Waals surface area (Å²) in [6.45, 7) is 17.9. The number of epoxide rings is 3. The van der Waals surface area contributed by atoms with Gasteiger partial charge in [-0.05, 0) is 87.9 Å². The molecule has 0 spiro atoms. The smallest absolute Gasteiger partial charge is 0.181 e. The number of unbranched alkanes of at least 4 members (excludes halogenated alkanes) is 2. The van der Waals surface area contributed by atoms with Crippen LogP contribution >= 0.6 is 0 Å². The summed E-state index contributed by atoms with van der Waals surface area (Å²) < 4.78 is 25.9. The molecule has 6 aliphatic rings. The summed E-state index contributed by atoms with van der Waals surface area (Å²) in [6.07, 6.45) is 20.5. The Balaban J connectivity index is 0.000000145. The number of hydrogen-bond donors (Lipinski definition) is 0. The van der Waals surface area contributed by atoms with Crippen molar-refractivity contribution >= 4 is 0 Å². The zero-order chi connectivity index (χ0) is 28.1. The highest BCUT2D eigenvalue weighted by atomic mass is 16.8. The zero-order valence-electron chi connectivity index (χ0n) is 26.6. The summed E-state index contributed by atoms with van der Waals surface area (Å²) in [7, 11) is 0. The van der Waals surface area contributed by atoms with E-state index >= 15 is 0 Å². The van der Waals surface area contributed by atoms with Crippen LogP contribution in [0.2, 0.25) is 0 Å². The van der Waals surface area contributed by atoms with Gasteiger partial charge in [-0.25, -0.2) is 0 Å². The predicted octanol–water partition coefficient (Wildman–Crippen LogP) is 8.57. The maximum Gasteiger partial charge on any atom is 0.181 e. The molecule has 0 aromatic heterocycles. The van der Waals surface area contributed by atoms with Gasteiger partial charge in [0.05, 0.1) is 24.9 Å². The van der Waals surface area contributed by atoms with Crippen molar-refractivity contribution in [2.75, 3.05) is 33.0 Å². The van der Waals surface area contributed by atoms with Crippen molar-refractivity contribution in [3.05, 3.63) is 0 Å². The number of rotatable bonds is 13. The molecule has 0 aromatic rings. The molecule has 6 rings (SSSR count). The summed E-state index contributed by atoms with van der Waals surface area (Å²) in [4.78, 5) is 0. The van der Waals surface area contributed by atoms with Crippen LogP contribution in [0.4, 0.5) is 0 Å². The first-order chi connectivity index (χ1) is 18.9. The summed E-state index contributed by atoms with van der Waals surface area (Å²) in [6, 6.07) is 0. The van der Waals surface area contributed by atoms with Crippen LogP contribution in [-0.4, -0.2) is 57.1 Å². The third-order valence-electron chi connectivity index (χ3n) is 9.81. The molecule has 5 heteroatoms. The average molecular weight is 553 g/mol. The van der Waals surface area contributed by atoms with Gasteiger partial charge in [0, 0.05) is 13.2 Å². The fourth-order valence-corrected chi connectivity index (χ4v) is 6.26. The molecule has 3 saturated carbocycles. The molecule has 0 N–H and O–H groups in total. The summed E-state index contributed by atoms with van der Waals surface area (Å²) in [5, 5.41) is 0. The minimum absolute atomic E-state index is 0.154. The topological polar surface area (TPSA) is 56.0 Å². The van der Waals surface area contributed by atoms with Gasteiger partial charge in [0.25, 0.3) is 0 Å². The molecule has 230 valence electrons. The molecule has 0 aromatic carbocycles. The second kappa shape index (κ2) is 17.7. The molecule has 9 atom stereocenters. The Morgan fingerprint density at radius 1 is 0.846 bits per heavy atom. The van der Waals surface area contributed by atoms with Crippen LogP contribution in [-0.2, 0) is 23.7 Å². The standard InChI is InChI=1S/C11H20O.C10H18.C7H14O2.C6H12O2/c1-4-8(2)9-5-6-11(3)10(7-9)12-11;1-2-3-8-4-5-9-7-10(9)6-8;1-2-3-4-8-5-7-6-9-7;1-2-3-4-7-6-5-8-6/h8-10H,4-7H2,1-3H3;8-10H,2-7H2,1H3;7H,2-6H2,1H3;6H,2-5H2,1H3. The van der Waals surface area contributed by atoms with Crippen molar-refractivity contribution in [3.8, 4) is 0 Å². The van der Waals surface area contributed by atoms with Gasteiger partial charge in [0.1, 0.15) is 12.7 Å². The maximum absolute atomic E-state index is 5.69. The quantitative estimate of drug-likeness (QED) is 0.169.